The smallest absolute Gasteiger partial charge is 0.274 e. The van der Waals surface area contributed by atoms with E-state index in [9.17, 15) is 4.79 Å². The lowest BCUT2D eigenvalue weighted by Crippen LogP contribution is -2.14. The zero-order chi connectivity index (χ0) is 15.2. The van der Waals surface area contributed by atoms with Crippen molar-refractivity contribution in [3.05, 3.63) is 51.7 Å². The summed E-state index contributed by atoms with van der Waals surface area (Å²) in [6, 6.07) is 8.83. The molecule has 6 heteroatoms. The lowest BCUT2D eigenvalue weighted by Gasteiger charge is -2.09. The van der Waals surface area contributed by atoms with Crippen molar-refractivity contribution in [2.75, 3.05) is 17.2 Å². The van der Waals surface area contributed by atoms with Crippen LogP contribution in [0.2, 0.25) is 5.02 Å². The molecule has 110 valence electrons. The van der Waals surface area contributed by atoms with E-state index in [1.54, 1.807) is 24.4 Å². The van der Waals surface area contributed by atoms with Crippen LogP contribution in [0.25, 0.3) is 0 Å². The predicted molar refractivity (Wildman–Crippen MR) is 90.1 cm³/mol. The minimum absolute atomic E-state index is 0.296. The number of pyridine rings is 1. The summed E-state index contributed by atoms with van der Waals surface area (Å²) in [6.45, 7) is 2.93. The molecule has 21 heavy (non-hydrogen) atoms. The quantitative estimate of drug-likeness (QED) is 0.812. The first-order chi connectivity index (χ1) is 10.1. The number of hydrogen-bond acceptors (Lipinski definition) is 3. The van der Waals surface area contributed by atoms with Crippen molar-refractivity contribution in [1.29, 1.82) is 0 Å². The highest BCUT2D eigenvalue weighted by molar-refractivity contribution is 9.10. The Kier molecular flexibility index (Phi) is 5.59. The van der Waals surface area contributed by atoms with Crippen molar-refractivity contribution < 1.29 is 4.79 Å². The van der Waals surface area contributed by atoms with Crippen molar-refractivity contribution in [2.24, 2.45) is 0 Å². The lowest BCUT2D eigenvalue weighted by atomic mass is 10.2. The molecule has 1 heterocycles. The van der Waals surface area contributed by atoms with Crippen molar-refractivity contribution in [3.8, 4) is 0 Å². The molecule has 0 atom stereocenters. The largest absolute Gasteiger partial charge is 0.385 e. The zero-order valence-electron chi connectivity index (χ0n) is 11.5. The number of carbonyl (C=O) groups is 1. The maximum atomic E-state index is 12.2. The molecule has 0 fully saturated rings. The van der Waals surface area contributed by atoms with Crippen LogP contribution in [0.3, 0.4) is 0 Å². The third-order valence-electron chi connectivity index (χ3n) is 2.75. The average Bonchev–Trinajstić information content (AvgIpc) is 2.49. The van der Waals surface area contributed by atoms with Gasteiger partial charge in [-0.05, 0) is 36.8 Å². The Morgan fingerprint density at radius 1 is 1.33 bits per heavy atom. The molecule has 1 aromatic carbocycles. The van der Waals surface area contributed by atoms with Crippen molar-refractivity contribution in [1.82, 2.24) is 4.98 Å². The van der Waals surface area contributed by atoms with Gasteiger partial charge in [0.25, 0.3) is 5.91 Å². The minimum atomic E-state index is -0.296. The molecule has 1 aromatic heterocycles. The Labute approximate surface area is 137 Å². The number of anilines is 2. The Morgan fingerprint density at radius 2 is 2.14 bits per heavy atom. The van der Waals surface area contributed by atoms with Crippen LogP contribution in [0.4, 0.5) is 11.4 Å². The number of amides is 1. The Bertz CT molecular complexity index is 649. The number of halogens is 2. The van der Waals surface area contributed by atoms with Gasteiger partial charge in [-0.15, -0.1) is 0 Å². The van der Waals surface area contributed by atoms with Gasteiger partial charge in [0.15, 0.2) is 0 Å². The molecule has 0 aliphatic rings. The molecular formula is C15H15BrClN3O. The van der Waals surface area contributed by atoms with E-state index in [4.69, 9.17) is 11.6 Å². The first-order valence-corrected chi connectivity index (χ1v) is 7.73. The molecular weight excluding hydrogens is 354 g/mol. The Morgan fingerprint density at radius 3 is 2.90 bits per heavy atom. The topological polar surface area (TPSA) is 54.0 Å². The van der Waals surface area contributed by atoms with Crippen LogP contribution in [-0.2, 0) is 0 Å². The molecule has 0 bridgehead atoms. The molecule has 0 unspecified atom stereocenters. The molecule has 0 aliphatic heterocycles. The SMILES string of the molecule is CCCNc1ccnc(C(=O)Nc2cc(Br)ccc2Cl)c1. The summed E-state index contributed by atoms with van der Waals surface area (Å²) in [5.41, 5.74) is 1.76. The monoisotopic (exact) mass is 367 g/mol. The molecule has 1 amide bonds. The number of nitrogens with one attached hydrogen (secondary N) is 2. The van der Waals surface area contributed by atoms with Crippen LogP contribution in [0, 0.1) is 0 Å². The predicted octanol–water partition coefficient (Wildman–Crippen LogP) is 4.57. The van der Waals surface area contributed by atoms with Gasteiger partial charge in [0.1, 0.15) is 5.69 Å². The van der Waals surface area contributed by atoms with Gasteiger partial charge < -0.3 is 10.6 Å². The summed E-state index contributed by atoms with van der Waals surface area (Å²) in [5.74, 6) is -0.296. The number of carbonyl (C=O) groups excluding carboxylic acids is 1. The maximum absolute atomic E-state index is 12.2. The second kappa shape index (κ2) is 7.43. The van der Waals surface area contributed by atoms with Crippen LogP contribution < -0.4 is 10.6 Å². The maximum Gasteiger partial charge on any atom is 0.274 e. The summed E-state index contributed by atoms with van der Waals surface area (Å²) in [6.07, 6.45) is 2.62. The Hall–Kier alpha value is -1.59. The first kappa shape index (κ1) is 15.8. The molecule has 0 saturated heterocycles. The standard InChI is InChI=1S/C15H15BrClN3O/c1-2-6-18-11-5-7-19-14(9-11)15(21)20-13-8-10(16)3-4-12(13)17/h3-5,7-9H,2,6H2,1H3,(H,18,19)(H,20,21). The van der Waals surface area contributed by atoms with Crippen molar-refractivity contribution >= 4 is 44.8 Å². The molecule has 2 N–H and O–H groups in total. The van der Waals surface area contributed by atoms with Gasteiger partial charge in [-0.1, -0.05) is 34.5 Å². The summed E-state index contributed by atoms with van der Waals surface area (Å²) in [4.78, 5) is 16.3. The summed E-state index contributed by atoms with van der Waals surface area (Å²) in [5, 5.41) is 6.46. The van der Waals surface area contributed by atoms with Gasteiger partial charge in [-0.25, -0.2) is 0 Å². The fourth-order valence-corrected chi connectivity index (χ4v) is 2.24. The number of benzene rings is 1. The van der Waals surface area contributed by atoms with Gasteiger partial charge in [-0.2, -0.15) is 0 Å². The van der Waals surface area contributed by atoms with E-state index in [0.29, 0.717) is 16.4 Å². The highest BCUT2D eigenvalue weighted by atomic mass is 79.9. The third-order valence-corrected chi connectivity index (χ3v) is 3.57. The van der Waals surface area contributed by atoms with E-state index >= 15 is 0 Å². The molecule has 0 radical (unpaired) electrons. The number of rotatable bonds is 5. The fourth-order valence-electron chi connectivity index (χ4n) is 1.71. The summed E-state index contributed by atoms with van der Waals surface area (Å²) < 4.78 is 0.841. The van der Waals surface area contributed by atoms with Gasteiger partial charge in [-0.3, -0.25) is 9.78 Å². The molecule has 0 spiro atoms. The van der Waals surface area contributed by atoms with Gasteiger partial charge in [0.05, 0.1) is 10.7 Å². The first-order valence-electron chi connectivity index (χ1n) is 6.56. The average molecular weight is 369 g/mol. The van der Waals surface area contributed by atoms with Crippen LogP contribution in [0.1, 0.15) is 23.8 Å². The van der Waals surface area contributed by atoms with Crippen molar-refractivity contribution in [3.63, 3.8) is 0 Å². The van der Waals surface area contributed by atoms with Crippen LogP contribution >= 0.6 is 27.5 Å². The summed E-state index contributed by atoms with van der Waals surface area (Å²) >= 11 is 9.41. The van der Waals surface area contributed by atoms with Gasteiger partial charge in [0.2, 0.25) is 0 Å². The highest BCUT2D eigenvalue weighted by Gasteiger charge is 2.10. The summed E-state index contributed by atoms with van der Waals surface area (Å²) in [7, 11) is 0. The minimum Gasteiger partial charge on any atom is -0.385 e. The second-order valence-corrected chi connectivity index (χ2v) is 5.76. The van der Waals surface area contributed by atoms with Crippen LogP contribution in [0.5, 0.6) is 0 Å². The highest BCUT2D eigenvalue weighted by Crippen LogP contribution is 2.26. The fraction of sp³-hybridized carbons (Fsp3) is 0.200. The van der Waals surface area contributed by atoms with E-state index in [-0.39, 0.29) is 5.91 Å². The third kappa shape index (κ3) is 4.44. The second-order valence-electron chi connectivity index (χ2n) is 4.43. The zero-order valence-corrected chi connectivity index (χ0v) is 13.8. The Balaban J connectivity index is 2.14. The van der Waals surface area contributed by atoms with E-state index in [1.165, 1.54) is 0 Å². The number of nitrogens with zero attached hydrogens (tertiary/aromatic N) is 1. The van der Waals surface area contributed by atoms with Gasteiger partial charge >= 0.3 is 0 Å². The van der Waals surface area contributed by atoms with Crippen molar-refractivity contribution in [2.45, 2.75) is 13.3 Å². The van der Waals surface area contributed by atoms with E-state index in [2.05, 4.69) is 38.5 Å². The lowest BCUT2D eigenvalue weighted by molar-refractivity contribution is 0.102. The van der Waals surface area contributed by atoms with E-state index < -0.39 is 0 Å². The van der Waals surface area contributed by atoms with E-state index in [1.807, 2.05) is 12.1 Å². The van der Waals surface area contributed by atoms with Gasteiger partial charge in [0, 0.05) is 22.9 Å². The van der Waals surface area contributed by atoms with Crippen LogP contribution in [0.15, 0.2) is 41.0 Å². The number of aromatic nitrogens is 1. The molecule has 0 aliphatic carbocycles. The molecule has 2 aromatic rings. The normalized spacial score (nSPS) is 10.2. The molecule has 2 rings (SSSR count). The molecule has 4 nitrogen and oxygen atoms in total. The van der Waals surface area contributed by atoms with Crippen LogP contribution in [-0.4, -0.2) is 17.4 Å². The number of hydrogen-bond donors (Lipinski definition) is 2. The molecule has 0 saturated carbocycles. The van der Waals surface area contributed by atoms with E-state index in [0.717, 1.165) is 23.1 Å².